The highest BCUT2D eigenvalue weighted by Gasteiger charge is 2.36. The van der Waals surface area contributed by atoms with Crippen LogP contribution in [0.25, 0.3) is 11.3 Å². The van der Waals surface area contributed by atoms with Gasteiger partial charge in [0.25, 0.3) is 0 Å². The average Bonchev–Trinajstić information content (AvgIpc) is 3.15. The van der Waals surface area contributed by atoms with Crippen LogP contribution >= 0.6 is 23.2 Å². The molecule has 3 rings (SSSR count). The molecule has 2 N–H and O–H groups in total. The van der Waals surface area contributed by atoms with Crippen molar-refractivity contribution in [1.82, 2.24) is 14.9 Å². The number of ether oxygens (including phenoxy) is 1. The number of anilines is 1. The standard InChI is InChI=1S/C21H25Cl2FN4O3/c1-3-15-19(13-6-5-12(22)9-14(13)23)25-16(4-2)20(26-15)27-17-10-28(21(29)30)11-18(17)31-8-7-24/h5-6,9,17-18H,3-4,7-8,10-11H2,1-2H3,(H,26,27)(H,29,30)/t17-,18+/m1/s1. The van der Waals surface area contributed by atoms with Gasteiger partial charge in [-0.15, -0.1) is 0 Å². The van der Waals surface area contributed by atoms with Crippen molar-refractivity contribution in [2.75, 3.05) is 31.7 Å². The van der Waals surface area contributed by atoms with Crippen LogP contribution in [0, 0.1) is 0 Å². The zero-order chi connectivity index (χ0) is 22.5. The fourth-order valence-corrected chi connectivity index (χ4v) is 4.12. The van der Waals surface area contributed by atoms with Crippen molar-refractivity contribution in [2.24, 2.45) is 0 Å². The van der Waals surface area contributed by atoms with E-state index in [2.05, 4.69) is 5.32 Å². The Morgan fingerprint density at radius 2 is 2.00 bits per heavy atom. The smallest absolute Gasteiger partial charge is 0.407 e. The molecule has 1 aliphatic heterocycles. The van der Waals surface area contributed by atoms with Crippen LogP contribution in [-0.4, -0.2) is 64.6 Å². The molecule has 1 fully saturated rings. The molecule has 0 spiro atoms. The van der Waals surface area contributed by atoms with Gasteiger partial charge in [-0.05, 0) is 31.0 Å². The molecule has 1 aromatic heterocycles. The maximum Gasteiger partial charge on any atom is 0.407 e. The largest absolute Gasteiger partial charge is 0.465 e. The molecule has 2 aromatic rings. The summed E-state index contributed by atoms with van der Waals surface area (Å²) in [4.78, 5) is 22.3. The molecule has 10 heteroatoms. The molecule has 2 heterocycles. The second-order valence-corrected chi connectivity index (χ2v) is 8.03. The van der Waals surface area contributed by atoms with Crippen molar-refractivity contribution in [1.29, 1.82) is 0 Å². The fraction of sp³-hybridized carbons (Fsp3) is 0.476. The highest BCUT2D eigenvalue weighted by Crippen LogP contribution is 2.33. The second-order valence-electron chi connectivity index (χ2n) is 7.18. The lowest BCUT2D eigenvalue weighted by molar-refractivity contribution is 0.0452. The summed E-state index contributed by atoms with van der Waals surface area (Å²) in [6.07, 6.45) is -0.299. The third-order valence-electron chi connectivity index (χ3n) is 5.16. The lowest BCUT2D eigenvalue weighted by Crippen LogP contribution is -2.35. The SMILES string of the molecule is CCc1nc(-c2ccc(Cl)cc2Cl)c(CC)nc1N[C@@H]1CN(C(=O)O)C[C@@H]1OCCF. The van der Waals surface area contributed by atoms with Gasteiger partial charge < -0.3 is 20.1 Å². The van der Waals surface area contributed by atoms with E-state index in [0.29, 0.717) is 34.4 Å². The first-order valence-electron chi connectivity index (χ1n) is 10.1. The van der Waals surface area contributed by atoms with E-state index >= 15 is 0 Å². The summed E-state index contributed by atoms with van der Waals surface area (Å²) in [5.74, 6) is 0.569. The Bertz CT molecular complexity index is 947. The van der Waals surface area contributed by atoms with Gasteiger partial charge in [-0.3, -0.25) is 0 Å². The van der Waals surface area contributed by atoms with E-state index in [1.165, 1.54) is 4.90 Å². The molecule has 0 radical (unpaired) electrons. The van der Waals surface area contributed by atoms with Crippen molar-refractivity contribution in [3.05, 3.63) is 39.6 Å². The summed E-state index contributed by atoms with van der Waals surface area (Å²) in [5.41, 5.74) is 2.91. The minimum atomic E-state index is -1.04. The Hall–Kier alpha value is -2.16. The summed E-state index contributed by atoms with van der Waals surface area (Å²) in [6, 6.07) is 4.89. The van der Waals surface area contributed by atoms with Gasteiger partial charge in [0.2, 0.25) is 0 Å². The van der Waals surface area contributed by atoms with E-state index in [-0.39, 0.29) is 25.7 Å². The summed E-state index contributed by atoms with van der Waals surface area (Å²) in [6.45, 7) is 3.60. The number of likely N-dealkylation sites (tertiary alicyclic amines) is 1. The number of carboxylic acid groups (broad SMARTS) is 1. The molecular weight excluding hydrogens is 446 g/mol. The number of nitrogens with zero attached hydrogens (tertiary/aromatic N) is 3. The van der Waals surface area contributed by atoms with Gasteiger partial charge in [-0.25, -0.2) is 19.2 Å². The van der Waals surface area contributed by atoms with Crippen molar-refractivity contribution in [3.63, 3.8) is 0 Å². The molecule has 1 aromatic carbocycles. The second kappa shape index (κ2) is 10.4. The third-order valence-corrected chi connectivity index (χ3v) is 5.71. The monoisotopic (exact) mass is 470 g/mol. The van der Waals surface area contributed by atoms with Crippen molar-refractivity contribution >= 4 is 35.1 Å². The summed E-state index contributed by atoms with van der Waals surface area (Å²) in [7, 11) is 0. The van der Waals surface area contributed by atoms with E-state index in [4.69, 9.17) is 37.9 Å². The number of hydrogen-bond acceptors (Lipinski definition) is 5. The van der Waals surface area contributed by atoms with E-state index < -0.39 is 18.9 Å². The van der Waals surface area contributed by atoms with Crippen LogP contribution in [0.5, 0.6) is 0 Å². The zero-order valence-electron chi connectivity index (χ0n) is 17.4. The first-order valence-corrected chi connectivity index (χ1v) is 10.9. The van der Waals surface area contributed by atoms with Gasteiger partial charge in [0.1, 0.15) is 12.5 Å². The van der Waals surface area contributed by atoms with E-state index in [0.717, 1.165) is 17.0 Å². The first kappa shape index (κ1) is 23.5. The van der Waals surface area contributed by atoms with Crippen LogP contribution in [0.2, 0.25) is 10.0 Å². The number of nitrogens with one attached hydrogen (secondary N) is 1. The first-order chi connectivity index (χ1) is 14.9. The van der Waals surface area contributed by atoms with Gasteiger partial charge in [-0.2, -0.15) is 0 Å². The molecule has 1 saturated heterocycles. The zero-order valence-corrected chi connectivity index (χ0v) is 18.9. The number of benzene rings is 1. The summed E-state index contributed by atoms with van der Waals surface area (Å²) in [5, 5.41) is 13.7. The van der Waals surface area contributed by atoms with Crippen LogP contribution in [0.4, 0.5) is 15.0 Å². The molecule has 7 nitrogen and oxygen atoms in total. The molecule has 0 saturated carbocycles. The van der Waals surface area contributed by atoms with E-state index in [9.17, 15) is 14.3 Å². The maximum absolute atomic E-state index is 12.6. The fourth-order valence-electron chi connectivity index (χ4n) is 3.62. The Kier molecular flexibility index (Phi) is 7.91. The molecule has 1 amide bonds. The topological polar surface area (TPSA) is 87.6 Å². The molecule has 31 heavy (non-hydrogen) atoms. The minimum absolute atomic E-state index is 0.0865. The van der Waals surface area contributed by atoms with Crippen molar-refractivity contribution < 1.29 is 19.0 Å². The van der Waals surface area contributed by atoms with Gasteiger partial charge in [-0.1, -0.05) is 37.0 Å². The number of hydrogen-bond donors (Lipinski definition) is 2. The lowest BCUT2D eigenvalue weighted by atomic mass is 10.1. The van der Waals surface area contributed by atoms with Crippen LogP contribution in [0.1, 0.15) is 25.2 Å². The molecule has 0 unspecified atom stereocenters. The molecule has 1 aliphatic rings. The molecule has 2 atom stereocenters. The van der Waals surface area contributed by atoms with Gasteiger partial charge >= 0.3 is 6.09 Å². The predicted molar refractivity (Wildman–Crippen MR) is 119 cm³/mol. The van der Waals surface area contributed by atoms with Crippen LogP contribution in [0.15, 0.2) is 18.2 Å². The lowest BCUT2D eigenvalue weighted by Gasteiger charge is -2.22. The minimum Gasteiger partial charge on any atom is -0.465 e. The molecule has 0 aliphatic carbocycles. The van der Waals surface area contributed by atoms with Gasteiger partial charge in [0.05, 0.1) is 47.4 Å². The van der Waals surface area contributed by atoms with Crippen LogP contribution in [0.3, 0.4) is 0 Å². The number of rotatable bonds is 8. The van der Waals surface area contributed by atoms with E-state index in [1.54, 1.807) is 12.1 Å². The Morgan fingerprint density at radius 3 is 2.61 bits per heavy atom. The highest BCUT2D eigenvalue weighted by molar-refractivity contribution is 6.36. The van der Waals surface area contributed by atoms with Crippen molar-refractivity contribution in [2.45, 2.75) is 38.8 Å². The number of alkyl halides is 1. The van der Waals surface area contributed by atoms with Crippen LogP contribution in [-0.2, 0) is 17.6 Å². The molecule has 0 bridgehead atoms. The number of carbonyl (C=O) groups is 1. The quantitative estimate of drug-likeness (QED) is 0.580. The molecular formula is C21H25Cl2FN4O3. The summed E-state index contributed by atoms with van der Waals surface area (Å²) >= 11 is 12.4. The number of halogens is 3. The third kappa shape index (κ3) is 5.37. The predicted octanol–water partition coefficient (Wildman–Crippen LogP) is 4.70. The number of aromatic nitrogens is 2. The van der Waals surface area contributed by atoms with E-state index in [1.807, 2.05) is 19.9 Å². The van der Waals surface area contributed by atoms with Gasteiger partial charge in [0, 0.05) is 17.1 Å². The summed E-state index contributed by atoms with van der Waals surface area (Å²) < 4.78 is 18.2. The van der Waals surface area contributed by atoms with Crippen molar-refractivity contribution in [3.8, 4) is 11.3 Å². The van der Waals surface area contributed by atoms with Gasteiger partial charge in [0.15, 0.2) is 0 Å². The Labute approximate surface area is 190 Å². The molecule has 168 valence electrons. The Balaban J connectivity index is 1.94. The number of aryl methyl sites for hydroxylation is 2. The van der Waals surface area contributed by atoms with Crippen LogP contribution < -0.4 is 5.32 Å². The average molecular weight is 471 g/mol. The highest BCUT2D eigenvalue weighted by atomic mass is 35.5. The number of amides is 1. The maximum atomic E-state index is 12.6. The normalized spacial score (nSPS) is 18.4. The Morgan fingerprint density at radius 1 is 1.26 bits per heavy atom.